The van der Waals surface area contributed by atoms with Crippen molar-refractivity contribution in [2.45, 2.75) is 13.0 Å². The van der Waals surface area contributed by atoms with Gasteiger partial charge in [0.2, 0.25) is 0 Å². The minimum atomic E-state index is -0.226. The molecule has 1 unspecified atom stereocenters. The Hall–Kier alpha value is -2.04. The molecule has 0 bridgehead atoms. The molecule has 2 N–H and O–H groups in total. The SMILES string of the molecule is Cc1ccccc1C#CC(N)c1ccccc1. The van der Waals surface area contributed by atoms with E-state index < -0.39 is 0 Å². The molecule has 1 heteroatoms. The van der Waals surface area contributed by atoms with E-state index in [1.165, 1.54) is 5.56 Å². The van der Waals surface area contributed by atoms with Crippen molar-refractivity contribution in [3.8, 4) is 11.8 Å². The molecule has 0 heterocycles. The lowest BCUT2D eigenvalue weighted by atomic mass is 10.1. The van der Waals surface area contributed by atoms with Crippen LogP contribution in [0.5, 0.6) is 0 Å². The summed E-state index contributed by atoms with van der Waals surface area (Å²) in [6.07, 6.45) is 0. The fraction of sp³-hybridized carbons (Fsp3) is 0.125. The highest BCUT2D eigenvalue weighted by Crippen LogP contribution is 2.09. The third-order valence-electron chi connectivity index (χ3n) is 2.67. The van der Waals surface area contributed by atoms with Crippen LogP contribution in [0.3, 0.4) is 0 Å². The summed E-state index contributed by atoms with van der Waals surface area (Å²) in [4.78, 5) is 0. The summed E-state index contributed by atoms with van der Waals surface area (Å²) in [7, 11) is 0. The molecule has 0 amide bonds. The molecule has 0 saturated heterocycles. The second-order valence-corrected chi connectivity index (χ2v) is 3.97. The van der Waals surface area contributed by atoms with Gasteiger partial charge in [-0.2, -0.15) is 0 Å². The van der Waals surface area contributed by atoms with Gasteiger partial charge in [-0.15, -0.1) is 0 Å². The van der Waals surface area contributed by atoms with Crippen molar-refractivity contribution in [3.05, 3.63) is 71.3 Å². The van der Waals surface area contributed by atoms with Crippen molar-refractivity contribution in [2.75, 3.05) is 0 Å². The summed E-state index contributed by atoms with van der Waals surface area (Å²) in [6, 6.07) is 17.8. The molecule has 0 aliphatic carbocycles. The van der Waals surface area contributed by atoms with E-state index in [-0.39, 0.29) is 6.04 Å². The van der Waals surface area contributed by atoms with Gasteiger partial charge in [0.25, 0.3) is 0 Å². The van der Waals surface area contributed by atoms with Gasteiger partial charge in [-0.25, -0.2) is 0 Å². The van der Waals surface area contributed by atoms with Gasteiger partial charge >= 0.3 is 0 Å². The molecule has 84 valence electrons. The number of benzene rings is 2. The quantitative estimate of drug-likeness (QED) is 0.736. The Morgan fingerprint density at radius 1 is 0.941 bits per heavy atom. The van der Waals surface area contributed by atoms with Crippen molar-refractivity contribution in [2.24, 2.45) is 5.73 Å². The molecule has 17 heavy (non-hydrogen) atoms. The van der Waals surface area contributed by atoms with E-state index in [1.807, 2.05) is 48.5 Å². The van der Waals surface area contributed by atoms with Crippen LogP contribution in [0, 0.1) is 18.8 Å². The third kappa shape index (κ3) is 2.96. The molecule has 0 fully saturated rings. The summed E-state index contributed by atoms with van der Waals surface area (Å²) < 4.78 is 0. The minimum Gasteiger partial charge on any atom is -0.314 e. The second kappa shape index (κ2) is 5.34. The van der Waals surface area contributed by atoms with E-state index in [0.717, 1.165) is 11.1 Å². The monoisotopic (exact) mass is 221 g/mol. The van der Waals surface area contributed by atoms with Gasteiger partial charge in [0, 0.05) is 5.56 Å². The van der Waals surface area contributed by atoms with Crippen LogP contribution in [0.1, 0.15) is 22.7 Å². The molecule has 0 spiro atoms. The Morgan fingerprint density at radius 3 is 2.29 bits per heavy atom. The summed E-state index contributed by atoms with van der Waals surface area (Å²) in [6.45, 7) is 2.05. The zero-order valence-corrected chi connectivity index (χ0v) is 9.85. The Bertz CT molecular complexity index is 546. The standard InChI is InChI=1S/C16H15N/c1-13-7-5-6-8-14(13)11-12-16(17)15-9-3-2-4-10-15/h2-10,16H,17H2,1H3. The van der Waals surface area contributed by atoms with E-state index in [0.29, 0.717) is 0 Å². The maximum Gasteiger partial charge on any atom is 0.0924 e. The maximum absolute atomic E-state index is 6.02. The van der Waals surface area contributed by atoms with Crippen molar-refractivity contribution in [1.29, 1.82) is 0 Å². The second-order valence-electron chi connectivity index (χ2n) is 3.97. The summed E-state index contributed by atoms with van der Waals surface area (Å²) in [5, 5.41) is 0. The van der Waals surface area contributed by atoms with Crippen LogP contribution in [-0.2, 0) is 0 Å². The third-order valence-corrected chi connectivity index (χ3v) is 2.67. The van der Waals surface area contributed by atoms with E-state index in [1.54, 1.807) is 0 Å². The highest BCUT2D eigenvalue weighted by atomic mass is 14.6. The number of hydrogen-bond acceptors (Lipinski definition) is 1. The van der Waals surface area contributed by atoms with Crippen LogP contribution < -0.4 is 5.73 Å². The number of hydrogen-bond donors (Lipinski definition) is 1. The van der Waals surface area contributed by atoms with Gasteiger partial charge in [-0.3, -0.25) is 0 Å². The highest BCUT2D eigenvalue weighted by molar-refractivity contribution is 5.42. The number of nitrogens with two attached hydrogens (primary N) is 1. The molecule has 1 nitrogen and oxygen atoms in total. The summed E-state index contributed by atoms with van der Waals surface area (Å²) in [5.74, 6) is 6.22. The first kappa shape index (κ1) is 11.4. The van der Waals surface area contributed by atoms with Gasteiger partial charge in [0.05, 0.1) is 6.04 Å². The molecule has 2 aromatic rings. The molecule has 0 aliphatic heterocycles. The van der Waals surface area contributed by atoms with E-state index in [9.17, 15) is 0 Å². The summed E-state index contributed by atoms with van der Waals surface area (Å²) >= 11 is 0. The van der Waals surface area contributed by atoms with Crippen LogP contribution in [0.25, 0.3) is 0 Å². The van der Waals surface area contributed by atoms with Crippen molar-refractivity contribution in [3.63, 3.8) is 0 Å². The van der Waals surface area contributed by atoms with Gasteiger partial charge < -0.3 is 5.73 Å². The van der Waals surface area contributed by atoms with Crippen molar-refractivity contribution < 1.29 is 0 Å². The van der Waals surface area contributed by atoms with Crippen molar-refractivity contribution >= 4 is 0 Å². The number of aryl methyl sites for hydroxylation is 1. The average molecular weight is 221 g/mol. The fourth-order valence-electron chi connectivity index (χ4n) is 1.61. The predicted molar refractivity (Wildman–Crippen MR) is 71.4 cm³/mol. The minimum absolute atomic E-state index is 0.226. The zero-order valence-electron chi connectivity index (χ0n) is 9.85. The largest absolute Gasteiger partial charge is 0.314 e. The normalized spacial score (nSPS) is 11.4. The fourth-order valence-corrected chi connectivity index (χ4v) is 1.61. The van der Waals surface area contributed by atoms with Crippen LogP contribution in [-0.4, -0.2) is 0 Å². The molecule has 1 atom stereocenters. The molecular formula is C16H15N. The molecule has 0 radical (unpaired) electrons. The lowest BCUT2D eigenvalue weighted by Crippen LogP contribution is -2.07. The Morgan fingerprint density at radius 2 is 1.59 bits per heavy atom. The molecule has 0 aromatic heterocycles. The maximum atomic E-state index is 6.02. The molecular weight excluding hydrogens is 206 g/mol. The molecule has 2 aromatic carbocycles. The Kier molecular flexibility index (Phi) is 3.59. The van der Waals surface area contributed by atoms with Crippen LogP contribution in [0.15, 0.2) is 54.6 Å². The Balaban J connectivity index is 2.21. The first-order valence-electron chi connectivity index (χ1n) is 5.65. The van der Waals surface area contributed by atoms with Gasteiger partial charge in [0.1, 0.15) is 0 Å². The lowest BCUT2D eigenvalue weighted by molar-refractivity contribution is 0.945. The smallest absolute Gasteiger partial charge is 0.0924 e. The van der Waals surface area contributed by atoms with Crippen LogP contribution in [0.4, 0.5) is 0 Å². The van der Waals surface area contributed by atoms with Crippen LogP contribution in [0.2, 0.25) is 0 Å². The van der Waals surface area contributed by atoms with Gasteiger partial charge in [-0.1, -0.05) is 60.4 Å². The lowest BCUT2D eigenvalue weighted by Gasteiger charge is -2.03. The zero-order chi connectivity index (χ0) is 12.1. The highest BCUT2D eigenvalue weighted by Gasteiger charge is 1.99. The average Bonchev–Trinajstić information content (AvgIpc) is 2.38. The first-order valence-corrected chi connectivity index (χ1v) is 5.65. The predicted octanol–water partition coefficient (Wildman–Crippen LogP) is 3.05. The van der Waals surface area contributed by atoms with E-state index in [2.05, 4.69) is 24.8 Å². The topological polar surface area (TPSA) is 26.0 Å². The molecule has 0 aliphatic rings. The van der Waals surface area contributed by atoms with Crippen molar-refractivity contribution in [1.82, 2.24) is 0 Å². The van der Waals surface area contributed by atoms with Gasteiger partial charge in [0.15, 0.2) is 0 Å². The van der Waals surface area contributed by atoms with Crippen LogP contribution >= 0.6 is 0 Å². The van der Waals surface area contributed by atoms with E-state index in [4.69, 9.17) is 5.73 Å². The van der Waals surface area contributed by atoms with Gasteiger partial charge in [-0.05, 0) is 24.1 Å². The first-order chi connectivity index (χ1) is 8.27. The number of rotatable bonds is 1. The summed E-state index contributed by atoms with van der Waals surface area (Å²) in [5.41, 5.74) is 9.29. The van der Waals surface area contributed by atoms with E-state index >= 15 is 0 Å². The molecule has 2 rings (SSSR count). The molecule has 0 saturated carbocycles. The Labute approximate surface area is 102 Å².